The minimum Gasteiger partial charge on any atom is -0.481 e. The Morgan fingerprint density at radius 3 is 2.11 bits per heavy atom. The predicted octanol–water partition coefficient (Wildman–Crippen LogP) is 4.17. The van der Waals surface area contributed by atoms with Crippen LogP contribution in [0.3, 0.4) is 0 Å². The van der Waals surface area contributed by atoms with Gasteiger partial charge in [-0.05, 0) is 48.2 Å². The van der Waals surface area contributed by atoms with Crippen LogP contribution >= 0.6 is 11.6 Å². The van der Waals surface area contributed by atoms with Gasteiger partial charge in [0.25, 0.3) is 0 Å². The van der Waals surface area contributed by atoms with Crippen molar-refractivity contribution in [3.8, 4) is 0 Å². The number of hydrogen-bond acceptors (Lipinski definition) is 1. The maximum absolute atomic E-state index is 11.5. The number of benzene rings is 2. The molecule has 19 heavy (non-hydrogen) atoms. The highest BCUT2D eigenvalue weighted by atomic mass is 35.5. The van der Waals surface area contributed by atoms with E-state index < -0.39 is 11.9 Å². The fourth-order valence-corrected chi connectivity index (χ4v) is 2.20. The summed E-state index contributed by atoms with van der Waals surface area (Å²) in [6.45, 7) is 4.00. The summed E-state index contributed by atoms with van der Waals surface area (Å²) >= 11 is 5.84. The van der Waals surface area contributed by atoms with Gasteiger partial charge in [0.1, 0.15) is 5.92 Å². The van der Waals surface area contributed by atoms with Crippen LogP contribution in [0.25, 0.3) is 0 Å². The number of hydrogen-bond donors (Lipinski definition) is 1. The Balaban J connectivity index is 2.48. The quantitative estimate of drug-likeness (QED) is 0.912. The van der Waals surface area contributed by atoms with Crippen molar-refractivity contribution in [3.63, 3.8) is 0 Å². The minimum atomic E-state index is -0.856. The van der Waals surface area contributed by atoms with Crippen molar-refractivity contribution in [2.75, 3.05) is 0 Å². The lowest BCUT2D eigenvalue weighted by atomic mass is 9.89. The average molecular weight is 275 g/mol. The SMILES string of the molecule is Cc1ccc(C(C(=O)O)c2ccc(Cl)cc2)cc1C. The van der Waals surface area contributed by atoms with Gasteiger partial charge in [-0.1, -0.05) is 41.9 Å². The first kappa shape index (κ1) is 13.6. The molecule has 2 aromatic carbocycles. The van der Waals surface area contributed by atoms with Crippen LogP contribution in [0.15, 0.2) is 42.5 Å². The van der Waals surface area contributed by atoms with Gasteiger partial charge in [-0.2, -0.15) is 0 Å². The largest absolute Gasteiger partial charge is 0.481 e. The summed E-state index contributed by atoms with van der Waals surface area (Å²) in [5.74, 6) is -1.51. The molecule has 98 valence electrons. The van der Waals surface area contributed by atoms with Crippen LogP contribution in [0.2, 0.25) is 5.02 Å². The van der Waals surface area contributed by atoms with Crippen LogP contribution in [0.1, 0.15) is 28.2 Å². The zero-order valence-electron chi connectivity index (χ0n) is 10.9. The Morgan fingerprint density at radius 2 is 1.58 bits per heavy atom. The van der Waals surface area contributed by atoms with Crippen molar-refractivity contribution in [2.45, 2.75) is 19.8 Å². The molecule has 1 N–H and O–H groups in total. The summed E-state index contributed by atoms with van der Waals surface area (Å²) in [5.41, 5.74) is 3.78. The summed E-state index contributed by atoms with van der Waals surface area (Å²) in [6, 6.07) is 12.7. The number of halogens is 1. The fraction of sp³-hybridized carbons (Fsp3) is 0.188. The number of aliphatic carboxylic acids is 1. The summed E-state index contributed by atoms with van der Waals surface area (Å²) in [7, 11) is 0. The maximum atomic E-state index is 11.5. The fourth-order valence-electron chi connectivity index (χ4n) is 2.08. The van der Waals surface area contributed by atoms with E-state index in [-0.39, 0.29) is 0 Å². The Labute approximate surface area is 117 Å². The molecule has 2 aromatic rings. The number of rotatable bonds is 3. The number of carboxylic acid groups (broad SMARTS) is 1. The second-order valence-electron chi connectivity index (χ2n) is 4.67. The molecule has 0 aliphatic heterocycles. The average Bonchev–Trinajstić information content (AvgIpc) is 2.36. The molecule has 0 spiro atoms. The lowest BCUT2D eigenvalue weighted by Gasteiger charge is -2.15. The highest BCUT2D eigenvalue weighted by molar-refractivity contribution is 6.30. The number of carboxylic acids is 1. The lowest BCUT2D eigenvalue weighted by Crippen LogP contribution is -2.13. The van der Waals surface area contributed by atoms with E-state index >= 15 is 0 Å². The van der Waals surface area contributed by atoms with Gasteiger partial charge in [0.15, 0.2) is 0 Å². The smallest absolute Gasteiger partial charge is 0.315 e. The van der Waals surface area contributed by atoms with Gasteiger partial charge in [-0.3, -0.25) is 4.79 Å². The first-order valence-electron chi connectivity index (χ1n) is 6.04. The molecule has 0 aromatic heterocycles. The number of carbonyl (C=O) groups is 1. The maximum Gasteiger partial charge on any atom is 0.315 e. The molecule has 0 aliphatic rings. The zero-order valence-corrected chi connectivity index (χ0v) is 11.6. The standard InChI is InChI=1S/C16H15ClO2/c1-10-3-4-13(9-11(10)2)15(16(18)19)12-5-7-14(17)8-6-12/h3-9,15H,1-2H3,(H,18,19). The molecule has 1 atom stereocenters. The Hall–Kier alpha value is -1.80. The van der Waals surface area contributed by atoms with Gasteiger partial charge in [0.05, 0.1) is 0 Å². The van der Waals surface area contributed by atoms with E-state index in [1.165, 1.54) is 0 Å². The van der Waals surface area contributed by atoms with Gasteiger partial charge in [-0.15, -0.1) is 0 Å². The van der Waals surface area contributed by atoms with Gasteiger partial charge >= 0.3 is 5.97 Å². The summed E-state index contributed by atoms with van der Waals surface area (Å²) in [5, 5.41) is 10.1. The van der Waals surface area contributed by atoms with Crippen LogP contribution < -0.4 is 0 Å². The van der Waals surface area contributed by atoms with Crippen LogP contribution in [0, 0.1) is 13.8 Å². The summed E-state index contributed by atoms with van der Waals surface area (Å²) in [4.78, 5) is 11.5. The van der Waals surface area contributed by atoms with E-state index in [2.05, 4.69) is 0 Å². The molecule has 0 saturated carbocycles. The third kappa shape index (κ3) is 2.96. The molecule has 2 nitrogen and oxygen atoms in total. The van der Waals surface area contributed by atoms with E-state index in [1.807, 2.05) is 32.0 Å². The lowest BCUT2D eigenvalue weighted by molar-refractivity contribution is -0.137. The van der Waals surface area contributed by atoms with E-state index in [0.29, 0.717) is 5.02 Å². The predicted molar refractivity (Wildman–Crippen MR) is 76.8 cm³/mol. The monoisotopic (exact) mass is 274 g/mol. The molecule has 0 heterocycles. The van der Waals surface area contributed by atoms with Gasteiger partial charge < -0.3 is 5.11 Å². The van der Waals surface area contributed by atoms with Crippen molar-refractivity contribution in [3.05, 3.63) is 69.7 Å². The van der Waals surface area contributed by atoms with Crippen LogP contribution in [0.5, 0.6) is 0 Å². The van der Waals surface area contributed by atoms with Crippen molar-refractivity contribution in [1.82, 2.24) is 0 Å². The van der Waals surface area contributed by atoms with E-state index in [9.17, 15) is 9.90 Å². The molecule has 0 aliphatic carbocycles. The van der Waals surface area contributed by atoms with Crippen LogP contribution in [-0.4, -0.2) is 11.1 Å². The second kappa shape index (κ2) is 5.45. The van der Waals surface area contributed by atoms with Gasteiger partial charge in [0.2, 0.25) is 0 Å². The third-order valence-electron chi connectivity index (χ3n) is 3.31. The molecule has 3 heteroatoms. The van der Waals surface area contributed by atoms with E-state index in [0.717, 1.165) is 22.3 Å². The molecular weight excluding hydrogens is 260 g/mol. The second-order valence-corrected chi connectivity index (χ2v) is 5.10. The molecule has 0 amide bonds. The zero-order chi connectivity index (χ0) is 14.0. The topological polar surface area (TPSA) is 37.3 Å². The van der Waals surface area contributed by atoms with Crippen molar-refractivity contribution < 1.29 is 9.90 Å². The molecule has 0 bridgehead atoms. The van der Waals surface area contributed by atoms with Crippen LogP contribution in [-0.2, 0) is 4.79 Å². The van der Waals surface area contributed by atoms with Crippen LogP contribution in [0.4, 0.5) is 0 Å². The van der Waals surface area contributed by atoms with Crippen molar-refractivity contribution in [1.29, 1.82) is 0 Å². The highest BCUT2D eigenvalue weighted by Gasteiger charge is 2.22. The first-order valence-corrected chi connectivity index (χ1v) is 6.42. The molecule has 2 rings (SSSR count). The Kier molecular flexibility index (Phi) is 3.91. The van der Waals surface area contributed by atoms with Gasteiger partial charge in [0, 0.05) is 5.02 Å². The summed E-state index contributed by atoms with van der Waals surface area (Å²) in [6.07, 6.45) is 0. The number of aryl methyl sites for hydroxylation is 2. The third-order valence-corrected chi connectivity index (χ3v) is 3.57. The normalized spacial score (nSPS) is 12.2. The minimum absolute atomic E-state index is 0.605. The summed E-state index contributed by atoms with van der Waals surface area (Å²) < 4.78 is 0. The molecular formula is C16H15ClO2. The molecule has 0 saturated heterocycles. The Bertz CT molecular complexity index is 603. The van der Waals surface area contributed by atoms with Gasteiger partial charge in [-0.25, -0.2) is 0 Å². The molecule has 0 radical (unpaired) electrons. The highest BCUT2D eigenvalue weighted by Crippen LogP contribution is 2.27. The Morgan fingerprint density at radius 1 is 1.00 bits per heavy atom. The first-order chi connectivity index (χ1) is 8.99. The molecule has 1 unspecified atom stereocenters. The molecule has 0 fully saturated rings. The van der Waals surface area contributed by atoms with E-state index in [1.54, 1.807) is 24.3 Å². The van der Waals surface area contributed by atoms with Crippen molar-refractivity contribution >= 4 is 17.6 Å². The van der Waals surface area contributed by atoms with Crippen molar-refractivity contribution in [2.24, 2.45) is 0 Å². The van der Waals surface area contributed by atoms with E-state index in [4.69, 9.17) is 11.6 Å².